The minimum atomic E-state index is -1.01. The Morgan fingerprint density at radius 1 is 1.54 bits per heavy atom. The molecular formula is C8H12N2O3. The summed E-state index contributed by atoms with van der Waals surface area (Å²) in [5.74, 6) is -1.01. The van der Waals surface area contributed by atoms with Crippen LogP contribution in [0.4, 0.5) is 0 Å². The molecule has 0 saturated heterocycles. The van der Waals surface area contributed by atoms with Crippen molar-refractivity contribution in [3.8, 4) is 0 Å². The predicted molar refractivity (Wildman–Crippen MR) is 46.7 cm³/mol. The summed E-state index contributed by atoms with van der Waals surface area (Å²) in [6.45, 7) is 3.46. The molecule has 1 aromatic heterocycles. The lowest BCUT2D eigenvalue weighted by Crippen LogP contribution is -2.27. The standard InChI is InChI=1S/C8H12N2O3/c1-6(2)10-4-3-9(8(10)13)5-7(11)12/h3-4,6H,5H2,1-2H3,(H,11,12). The van der Waals surface area contributed by atoms with Crippen molar-refractivity contribution in [1.29, 1.82) is 0 Å². The van der Waals surface area contributed by atoms with Crippen LogP contribution in [0.1, 0.15) is 19.9 Å². The first-order chi connectivity index (χ1) is 6.02. The number of carbonyl (C=O) groups is 1. The van der Waals surface area contributed by atoms with Crippen molar-refractivity contribution in [2.24, 2.45) is 0 Å². The molecular weight excluding hydrogens is 172 g/mol. The van der Waals surface area contributed by atoms with Gasteiger partial charge in [0, 0.05) is 18.4 Å². The molecule has 0 aliphatic carbocycles. The lowest BCUT2D eigenvalue weighted by Gasteiger charge is -2.03. The molecule has 1 heterocycles. The maximum atomic E-state index is 11.4. The number of imidazole rings is 1. The zero-order chi connectivity index (χ0) is 10.0. The van der Waals surface area contributed by atoms with Crippen molar-refractivity contribution >= 4 is 5.97 Å². The Hall–Kier alpha value is -1.52. The highest BCUT2D eigenvalue weighted by Gasteiger charge is 2.07. The van der Waals surface area contributed by atoms with E-state index in [1.54, 1.807) is 6.20 Å². The van der Waals surface area contributed by atoms with Gasteiger partial charge in [-0.3, -0.25) is 13.9 Å². The molecule has 0 saturated carbocycles. The van der Waals surface area contributed by atoms with Gasteiger partial charge in [-0.25, -0.2) is 4.79 Å². The van der Waals surface area contributed by atoms with Crippen LogP contribution < -0.4 is 5.69 Å². The molecule has 0 fully saturated rings. The summed E-state index contributed by atoms with van der Waals surface area (Å²) in [7, 11) is 0. The monoisotopic (exact) mass is 184 g/mol. The van der Waals surface area contributed by atoms with Crippen LogP contribution in [0.3, 0.4) is 0 Å². The van der Waals surface area contributed by atoms with E-state index in [4.69, 9.17) is 5.11 Å². The fourth-order valence-electron chi connectivity index (χ4n) is 1.09. The molecule has 72 valence electrons. The van der Waals surface area contributed by atoms with Crippen LogP contribution in [0.25, 0.3) is 0 Å². The number of rotatable bonds is 3. The van der Waals surface area contributed by atoms with Crippen molar-refractivity contribution in [3.05, 3.63) is 22.9 Å². The van der Waals surface area contributed by atoms with Gasteiger partial charge in [0.15, 0.2) is 0 Å². The molecule has 0 amide bonds. The van der Waals surface area contributed by atoms with Crippen molar-refractivity contribution in [3.63, 3.8) is 0 Å². The second-order valence-corrected chi connectivity index (χ2v) is 3.10. The summed E-state index contributed by atoms with van der Waals surface area (Å²) < 4.78 is 2.66. The van der Waals surface area contributed by atoms with Crippen molar-refractivity contribution < 1.29 is 9.90 Å². The summed E-state index contributed by atoms with van der Waals surface area (Å²) >= 11 is 0. The molecule has 0 bridgehead atoms. The molecule has 0 spiro atoms. The van der Waals surface area contributed by atoms with E-state index < -0.39 is 5.97 Å². The third-order valence-electron chi connectivity index (χ3n) is 1.74. The Labute approximate surface area is 75.2 Å². The van der Waals surface area contributed by atoms with E-state index >= 15 is 0 Å². The maximum absolute atomic E-state index is 11.4. The molecule has 1 N–H and O–H groups in total. The van der Waals surface area contributed by atoms with E-state index in [-0.39, 0.29) is 18.3 Å². The second kappa shape index (κ2) is 3.47. The summed E-state index contributed by atoms with van der Waals surface area (Å²) in [5.41, 5.74) is -0.280. The van der Waals surface area contributed by atoms with Gasteiger partial charge in [0.1, 0.15) is 6.54 Å². The SMILES string of the molecule is CC(C)n1ccn(CC(=O)O)c1=O. The van der Waals surface area contributed by atoms with Gasteiger partial charge in [0.2, 0.25) is 0 Å². The quantitative estimate of drug-likeness (QED) is 0.735. The van der Waals surface area contributed by atoms with Gasteiger partial charge in [-0.2, -0.15) is 0 Å². The van der Waals surface area contributed by atoms with Crippen LogP contribution in [0.15, 0.2) is 17.2 Å². The first kappa shape index (κ1) is 9.57. The topological polar surface area (TPSA) is 64.2 Å². The molecule has 0 radical (unpaired) electrons. The molecule has 0 unspecified atom stereocenters. The first-order valence-electron chi connectivity index (χ1n) is 4.01. The number of carboxylic acids is 1. The Morgan fingerprint density at radius 3 is 2.54 bits per heavy atom. The van der Waals surface area contributed by atoms with Gasteiger partial charge in [0.25, 0.3) is 0 Å². The van der Waals surface area contributed by atoms with E-state index in [0.717, 1.165) is 0 Å². The largest absolute Gasteiger partial charge is 0.480 e. The minimum Gasteiger partial charge on any atom is -0.480 e. The van der Waals surface area contributed by atoms with Gasteiger partial charge in [-0.15, -0.1) is 0 Å². The second-order valence-electron chi connectivity index (χ2n) is 3.10. The molecule has 0 atom stereocenters. The fraction of sp³-hybridized carbons (Fsp3) is 0.500. The average molecular weight is 184 g/mol. The zero-order valence-electron chi connectivity index (χ0n) is 7.60. The molecule has 0 aromatic carbocycles. The highest BCUT2D eigenvalue weighted by Crippen LogP contribution is 1.98. The number of nitrogens with zero attached hydrogens (tertiary/aromatic N) is 2. The molecule has 5 heteroatoms. The Balaban J connectivity index is 3.00. The van der Waals surface area contributed by atoms with E-state index in [1.807, 2.05) is 13.8 Å². The van der Waals surface area contributed by atoms with Gasteiger partial charge >= 0.3 is 11.7 Å². The molecule has 0 aliphatic rings. The number of hydrogen-bond acceptors (Lipinski definition) is 2. The molecule has 0 aliphatic heterocycles. The Morgan fingerprint density at radius 2 is 2.15 bits per heavy atom. The molecule has 13 heavy (non-hydrogen) atoms. The van der Waals surface area contributed by atoms with Crippen LogP contribution in [-0.4, -0.2) is 20.2 Å². The van der Waals surface area contributed by atoms with E-state index in [1.165, 1.54) is 15.3 Å². The Kier molecular flexibility index (Phi) is 2.55. The minimum absolute atomic E-state index is 0.0579. The highest BCUT2D eigenvalue weighted by molar-refractivity contribution is 5.66. The smallest absolute Gasteiger partial charge is 0.328 e. The first-order valence-corrected chi connectivity index (χ1v) is 4.01. The van der Waals surface area contributed by atoms with Crippen molar-refractivity contribution in [1.82, 2.24) is 9.13 Å². The van der Waals surface area contributed by atoms with E-state index in [0.29, 0.717) is 0 Å². The molecule has 1 aromatic rings. The van der Waals surface area contributed by atoms with Gasteiger partial charge in [-0.05, 0) is 13.8 Å². The summed E-state index contributed by atoms with van der Waals surface area (Å²) in [6.07, 6.45) is 3.08. The van der Waals surface area contributed by atoms with Crippen molar-refractivity contribution in [2.75, 3.05) is 0 Å². The summed E-state index contributed by atoms with van der Waals surface area (Å²) in [5, 5.41) is 8.47. The lowest BCUT2D eigenvalue weighted by atomic mass is 10.4. The van der Waals surface area contributed by atoms with Crippen LogP contribution in [-0.2, 0) is 11.3 Å². The number of hydrogen-bond donors (Lipinski definition) is 1. The normalized spacial score (nSPS) is 10.7. The van der Waals surface area contributed by atoms with Crippen LogP contribution >= 0.6 is 0 Å². The number of carboxylic acid groups (broad SMARTS) is 1. The van der Waals surface area contributed by atoms with Gasteiger partial charge < -0.3 is 5.11 Å². The van der Waals surface area contributed by atoms with Crippen LogP contribution in [0, 0.1) is 0 Å². The third kappa shape index (κ3) is 1.99. The summed E-state index contributed by atoms with van der Waals surface area (Å²) in [4.78, 5) is 21.7. The molecule has 1 rings (SSSR count). The van der Waals surface area contributed by atoms with Crippen LogP contribution in [0.2, 0.25) is 0 Å². The van der Waals surface area contributed by atoms with Gasteiger partial charge in [0.05, 0.1) is 0 Å². The maximum Gasteiger partial charge on any atom is 0.328 e. The number of aromatic nitrogens is 2. The summed E-state index contributed by atoms with van der Waals surface area (Å²) in [6, 6.07) is 0.0579. The predicted octanol–water partition coefficient (Wildman–Crippen LogP) is 0.315. The van der Waals surface area contributed by atoms with E-state index in [2.05, 4.69) is 0 Å². The average Bonchev–Trinajstić information content (AvgIpc) is 2.32. The van der Waals surface area contributed by atoms with Gasteiger partial charge in [-0.1, -0.05) is 0 Å². The fourth-order valence-corrected chi connectivity index (χ4v) is 1.09. The molecule has 5 nitrogen and oxygen atoms in total. The van der Waals surface area contributed by atoms with Crippen molar-refractivity contribution in [2.45, 2.75) is 26.4 Å². The van der Waals surface area contributed by atoms with E-state index in [9.17, 15) is 9.59 Å². The third-order valence-corrected chi connectivity index (χ3v) is 1.74. The zero-order valence-corrected chi connectivity index (χ0v) is 7.60. The highest BCUT2D eigenvalue weighted by atomic mass is 16.4. The Bertz CT molecular complexity index is 362. The van der Waals surface area contributed by atoms with Crippen LogP contribution in [0.5, 0.6) is 0 Å². The lowest BCUT2D eigenvalue weighted by molar-refractivity contribution is -0.137. The number of aliphatic carboxylic acids is 1.